The van der Waals surface area contributed by atoms with Gasteiger partial charge in [-0.1, -0.05) is 12.1 Å². The van der Waals surface area contributed by atoms with Crippen LogP contribution >= 0.6 is 0 Å². The summed E-state index contributed by atoms with van der Waals surface area (Å²) in [6.07, 6.45) is 2.18. The fraction of sp³-hybridized carbons (Fsp3) is 0.500. The first-order valence-electron chi connectivity index (χ1n) is 7.58. The van der Waals surface area contributed by atoms with Crippen molar-refractivity contribution in [1.82, 2.24) is 15.8 Å². The predicted octanol–water partition coefficient (Wildman–Crippen LogP) is 2.54. The van der Waals surface area contributed by atoms with Gasteiger partial charge in [0.1, 0.15) is 17.1 Å². The highest BCUT2D eigenvalue weighted by Gasteiger charge is 2.27. The van der Waals surface area contributed by atoms with Gasteiger partial charge in [-0.3, -0.25) is 0 Å². The Morgan fingerprint density at radius 3 is 2.74 bits per heavy atom. The Bertz CT molecular complexity index is 627. The second-order valence-electron chi connectivity index (χ2n) is 5.78. The summed E-state index contributed by atoms with van der Waals surface area (Å²) < 4.78 is 10.3. The van der Waals surface area contributed by atoms with E-state index in [2.05, 4.69) is 15.8 Å². The summed E-state index contributed by atoms with van der Waals surface area (Å²) in [7, 11) is 0. The zero-order valence-electron chi connectivity index (χ0n) is 13.8. The quantitative estimate of drug-likeness (QED) is 0.759. The van der Waals surface area contributed by atoms with E-state index in [1.165, 1.54) is 6.26 Å². The third-order valence-electron chi connectivity index (χ3n) is 3.80. The van der Waals surface area contributed by atoms with Crippen molar-refractivity contribution in [2.75, 3.05) is 6.54 Å². The summed E-state index contributed by atoms with van der Waals surface area (Å²) in [5.41, 5.74) is 0.378. The molecule has 0 saturated carbocycles. The Kier molecular flexibility index (Phi) is 5.10. The summed E-state index contributed by atoms with van der Waals surface area (Å²) in [5.74, 6) is 1.09. The number of amides is 2. The van der Waals surface area contributed by atoms with E-state index in [4.69, 9.17) is 8.94 Å². The Hall–Kier alpha value is -2.28. The lowest BCUT2D eigenvalue weighted by Gasteiger charge is -2.23. The van der Waals surface area contributed by atoms with Gasteiger partial charge in [0.2, 0.25) is 0 Å². The van der Waals surface area contributed by atoms with Gasteiger partial charge < -0.3 is 24.7 Å². The molecule has 2 amide bonds. The standard InChI is InChI=1S/C16H23N3O4/c1-5-12(14-10(2)19-23-11(14)3)18-15(20)17-9-16(4,21)13-7-6-8-22-13/h6-8,12,21H,5,9H2,1-4H3,(H2,17,18,20). The largest absolute Gasteiger partial charge is 0.466 e. The lowest BCUT2D eigenvalue weighted by atomic mass is 10.0. The summed E-state index contributed by atoms with van der Waals surface area (Å²) >= 11 is 0. The Balaban J connectivity index is 1.96. The first-order chi connectivity index (χ1) is 10.8. The SMILES string of the molecule is CCC(NC(=O)NCC(C)(O)c1ccco1)c1c(C)noc1C. The number of aliphatic hydroxyl groups is 1. The monoisotopic (exact) mass is 321 g/mol. The van der Waals surface area contributed by atoms with Crippen molar-refractivity contribution in [1.29, 1.82) is 0 Å². The first-order valence-corrected chi connectivity index (χ1v) is 7.58. The fourth-order valence-electron chi connectivity index (χ4n) is 2.50. The van der Waals surface area contributed by atoms with E-state index >= 15 is 0 Å². The zero-order valence-corrected chi connectivity index (χ0v) is 13.8. The molecule has 126 valence electrons. The molecule has 2 heterocycles. The topological polar surface area (TPSA) is 101 Å². The summed E-state index contributed by atoms with van der Waals surface area (Å²) in [4.78, 5) is 12.1. The van der Waals surface area contributed by atoms with E-state index in [9.17, 15) is 9.90 Å². The van der Waals surface area contributed by atoms with Crippen LogP contribution in [0.25, 0.3) is 0 Å². The number of aryl methyl sites for hydroxylation is 2. The Labute approximate surface area is 135 Å². The molecule has 0 aliphatic rings. The van der Waals surface area contributed by atoms with Crippen molar-refractivity contribution in [2.45, 2.75) is 45.8 Å². The van der Waals surface area contributed by atoms with Gasteiger partial charge in [-0.25, -0.2) is 4.79 Å². The molecule has 2 aromatic rings. The van der Waals surface area contributed by atoms with E-state index in [0.717, 1.165) is 11.3 Å². The van der Waals surface area contributed by atoms with Gasteiger partial charge in [-0.2, -0.15) is 0 Å². The highest BCUT2D eigenvalue weighted by molar-refractivity contribution is 5.74. The van der Waals surface area contributed by atoms with Crippen LogP contribution in [0.3, 0.4) is 0 Å². The normalized spacial score (nSPS) is 15.0. The lowest BCUT2D eigenvalue weighted by Crippen LogP contribution is -2.44. The maximum atomic E-state index is 12.1. The second-order valence-corrected chi connectivity index (χ2v) is 5.78. The molecule has 7 nitrogen and oxygen atoms in total. The minimum Gasteiger partial charge on any atom is -0.466 e. The number of furan rings is 1. The number of urea groups is 1. The van der Waals surface area contributed by atoms with Crippen molar-refractivity contribution < 1.29 is 18.8 Å². The van der Waals surface area contributed by atoms with Crippen molar-refractivity contribution in [3.63, 3.8) is 0 Å². The number of carbonyl (C=O) groups is 1. The Morgan fingerprint density at radius 2 is 2.22 bits per heavy atom. The molecule has 3 N–H and O–H groups in total. The maximum absolute atomic E-state index is 12.1. The molecule has 0 aromatic carbocycles. The molecule has 2 aromatic heterocycles. The number of nitrogens with one attached hydrogen (secondary N) is 2. The maximum Gasteiger partial charge on any atom is 0.315 e. The number of rotatable bonds is 6. The molecule has 2 unspecified atom stereocenters. The van der Waals surface area contributed by atoms with Gasteiger partial charge >= 0.3 is 6.03 Å². The van der Waals surface area contributed by atoms with E-state index in [1.54, 1.807) is 19.1 Å². The van der Waals surface area contributed by atoms with E-state index in [0.29, 0.717) is 17.9 Å². The molecule has 7 heteroatoms. The van der Waals surface area contributed by atoms with Crippen molar-refractivity contribution in [3.8, 4) is 0 Å². The highest BCUT2D eigenvalue weighted by atomic mass is 16.5. The van der Waals surface area contributed by atoms with Crippen LogP contribution < -0.4 is 10.6 Å². The van der Waals surface area contributed by atoms with Crippen LogP contribution in [-0.4, -0.2) is 22.8 Å². The molecule has 0 aliphatic carbocycles. The van der Waals surface area contributed by atoms with Gasteiger partial charge in [0.25, 0.3) is 0 Å². The average molecular weight is 321 g/mol. The highest BCUT2D eigenvalue weighted by Crippen LogP contribution is 2.24. The van der Waals surface area contributed by atoms with Crippen molar-refractivity contribution in [2.24, 2.45) is 0 Å². The Morgan fingerprint density at radius 1 is 1.48 bits per heavy atom. The van der Waals surface area contributed by atoms with Crippen molar-refractivity contribution >= 4 is 6.03 Å². The van der Waals surface area contributed by atoms with Crippen LogP contribution in [0, 0.1) is 13.8 Å². The molecule has 0 spiro atoms. The van der Waals surface area contributed by atoms with E-state index in [-0.39, 0.29) is 18.6 Å². The lowest BCUT2D eigenvalue weighted by molar-refractivity contribution is 0.0366. The first kappa shape index (κ1) is 17.1. The number of carbonyl (C=O) groups excluding carboxylic acids is 1. The zero-order chi connectivity index (χ0) is 17.0. The molecule has 0 aliphatic heterocycles. The van der Waals surface area contributed by atoms with Gasteiger partial charge in [0.05, 0.1) is 24.5 Å². The van der Waals surface area contributed by atoms with Crippen molar-refractivity contribution in [3.05, 3.63) is 41.2 Å². The summed E-state index contributed by atoms with van der Waals surface area (Å²) in [6, 6.07) is 2.78. The van der Waals surface area contributed by atoms with Gasteiger partial charge in [-0.15, -0.1) is 0 Å². The van der Waals surface area contributed by atoms with Crippen LogP contribution in [0.1, 0.15) is 49.1 Å². The van der Waals surface area contributed by atoms with Gasteiger partial charge in [0, 0.05) is 5.56 Å². The third kappa shape index (κ3) is 3.92. The molecule has 0 bridgehead atoms. The number of aromatic nitrogens is 1. The minimum atomic E-state index is -1.27. The molecule has 23 heavy (non-hydrogen) atoms. The van der Waals surface area contributed by atoms with Gasteiger partial charge in [0.15, 0.2) is 0 Å². The number of hydrogen-bond acceptors (Lipinski definition) is 5. The molecular weight excluding hydrogens is 298 g/mol. The average Bonchev–Trinajstić information content (AvgIpc) is 3.14. The van der Waals surface area contributed by atoms with E-state index < -0.39 is 5.60 Å². The number of hydrogen-bond donors (Lipinski definition) is 3. The van der Waals surface area contributed by atoms with E-state index in [1.807, 2.05) is 20.8 Å². The van der Waals surface area contributed by atoms with Crippen LogP contribution in [-0.2, 0) is 5.60 Å². The minimum absolute atomic E-state index is 0.0321. The smallest absolute Gasteiger partial charge is 0.315 e. The van der Waals surface area contributed by atoms with Crippen LogP contribution in [0.15, 0.2) is 27.3 Å². The second kappa shape index (κ2) is 6.87. The molecule has 0 saturated heterocycles. The molecule has 0 fully saturated rings. The van der Waals surface area contributed by atoms with Gasteiger partial charge in [-0.05, 0) is 39.3 Å². The predicted molar refractivity (Wildman–Crippen MR) is 83.8 cm³/mol. The fourth-order valence-corrected chi connectivity index (χ4v) is 2.50. The molecular formula is C16H23N3O4. The van der Waals surface area contributed by atoms with Crippen LogP contribution in [0.4, 0.5) is 4.79 Å². The molecule has 0 radical (unpaired) electrons. The summed E-state index contributed by atoms with van der Waals surface area (Å²) in [6.45, 7) is 7.24. The molecule has 2 rings (SSSR count). The van der Waals surface area contributed by atoms with Crippen LogP contribution in [0.5, 0.6) is 0 Å². The van der Waals surface area contributed by atoms with Crippen LogP contribution in [0.2, 0.25) is 0 Å². The molecule has 2 atom stereocenters. The summed E-state index contributed by atoms with van der Waals surface area (Å²) in [5, 5.41) is 19.8. The number of nitrogens with zero attached hydrogens (tertiary/aromatic N) is 1. The third-order valence-corrected chi connectivity index (χ3v) is 3.80.